The van der Waals surface area contributed by atoms with Crippen LogP contribution in [-0.4, -0.2) is 34.4 Å². The van der Waals surface area contributed by atoms with Gasteiger partial charge in [-0.25, -0.2) is 8.42 Å². The van der Waals surface area contributed by atoms with Crippen LogP contribution in [0.25, 0.3) is 0 Å². The van der Waals surface area contributed by atoms with Gasteiger partial charge in [0.05, 0.1) is 11.5 Å². The molecule has 1 heterocycles. The molecule has 0 atom stereocenters. The van der Waals surface area contributed by atoms with E-state index in [1.54, 1.807) is 11.6 Å². The Balaban J connectivity index is 2.40. The largest absolute Gasteiger partial charge is 0.372 e. The van der Waals surface area contributed by atoms with Gasteiger partial charge >= 0.3 is 5.69 Å². The van der Waals surface area contributed by atoms with E-state index in [1.165, 1.54) is 24.5 Å². The van der Waals surface area contributed by atoms with Crippen molar-refractivity contribution in [1.29, 1.82) is 0 Å². The third-order valence-electron chi connectivity index (χ3n) is 2.82. The summed E-state index contributed by atoms with van der Waals surface area (Å²) in [6.07, 6.45) is 2.43. The van der Waals surface area contributed by atoms with Crippen molar-refractivity contribution in [2.45, 2.75) is 11.4 Å². The molecule has 0 bridgehead atoms. The van der Waals surface area contributed by atoms with E-state index in [0.29, 0.717) is 5.82 Å². The molecule has 0 unspecified atom stereocenters. The molecule has 1 aromatic heterocycles. The first-order chi connectivity index (χ1) is 9.80. The summed E-state index contributed by atoms with van der Waals surface area (Å²) in [5.74, 6) is 0.564. The Hall–Kier alpha value is -2.49. The molecule has 112 valence electrons. The highest BCUT2D eigenvalue weighted by Gasteiger charge is 2.26. The molecule has 21 heavy (non-hydrogen) atoms. The maximum Gasteiger partial charge on any atom is 0.310 e. The highest BCUT2D eigenvalue weighted by atomic mass is 32.2. The van der Waals surface area contributed by atoms with Crippen molar-refractivity contribution in [3.8, 4) is 0 Å². The second kappa shape index (κ2) is 5.48. The minimum atomic E-state index is -3.70. The van der Waals surface area contributed by atoms with Gasteiger partial charge in [0.25, 0.3) is 0 Å². The highest BCUT2D eigenvalue weighted by molar-refractivity contribution is 7.90. The van der Waals surface area contributed by atoms with Crippen LogP contribution >= 0.6 is 0 Å². The first-order valence-electron chi connectivity index (χ1n) is 5.85. The molecule has 0 fully saturated rings. The molecule has 0 radical (unpaired) electrons. The summed E-state index contributed by atoms with van der Waals surface area (Å²) in [6.45, 7) is 0.185. The maximum atomic E-state index is 11.6. The van der Waals surface area contributed by atoms with Gasteiger partial charge in [0.15, 0.2) is 15.7 Å². The summed E-state index contributed by atoms with van der Waals surface area (Å²) in [5.41, 5.74) is -0.354. The smallest absolute Gasteiger partial charge is 0.310 e. The van der Waals surface area contributed by atoms with Crippen molar-refractivity contribution < 1.29 is 13.3 Å². The van der Waals surface area contributed by atoms with Crippen LogP contribution in [0.3, 0.4) is 0 Å². The lowest BCUT2D eigenvalue weighted by Gasteiger charge is -2.09. The standard InChI is InChI=1S/C11H13N5O4S/c1-15-7-13-14-10(15)6-12-8-4-3-5-9(21(2,19)20)11(8)16(17)18/h3-5,7,12H,6H2,1-2H3. The molecule has 0 saturated heterocycles. The minimum absolute atomic E-state index is 0.117. The Morgan fingerprint density at radius 3 is 2.67 bits per heavy atom. The Morgan fingerprint density at radius 2 is 2.14 bits per heavy atom. The summed E-state index contributed by atoms with van der Waals surface area (Å²) in [6, 6.07) is 4.10. The van der Waals surface area contributed by atoms with Crippen molar-refractivity contribution in [3.63, 3.8) is 0 Å². The first-order valence-corrected chi connectivity index (χ1v) is 7.74. The van der Waals surface area contributed by atoms with Crippen LogP contribution in [0, 0.1) is 10.1 Å². The summed E-state index contributed by atoms with van der Waals surface area (Å²) >= 11 is 0. The van der Waals surface area contributed by atoms with Crippen molar-refractivity contribution in [2.24, 2.45) is 7.05 Å². The molecule has 0 aliphatic heterocycles. The number of para-hydroxylation sites is 1. The average molecular weight is 311 g/mol. The summed E-state index contributed by atoms with van der Waals surface area (Å²) in [7, 11) is -1.96. The summed E-state index contributed by atoms with van der Waals surface area (Å²) in [5, 5.41) is 21.5. The third-order valence-corrected chi connectivity index (χ3v) is 3.95. The SMILES string of the molecule is Cn1cnnc1CNc1cccc(S(C)(=O)=O)c1[N+](=O)[O-]. The van der Waals surface area contributed by atoms with Crippen molar-refractivity contribution >= 4 is 21.2 Å². The number of nitro groups is 1. The van der Waals surface area contributed by atoms with E-state index < -0.39 is 20.4 Å². The Morgan fingerprint density at radius 1 is 1.43 bits per heavy atom. The number of hydrogen-bond acceptors (Lipinski definition) is 7. The zero-order valence-electron chi connectivity index (χ0n) is 11.3. The summed E-state index contributed by atoms with van der Waals surface area (Å²) < 4.78 is 24.9. The Kier molecular flexibility index (Phi) is 3.89. The number of benzene rings is 1. The minimum Gasteiger partial charge on any atom is -0.372 e. The Bertz CT molecular complexity index is 784. The number of sulfone groups is 1. The molecule has 9 nitrogen and oxygen atoms in total. The topological polar surface area (TPSA) is 120 Å². The zero-order valence-corrected chi connectivity index (χ0v) is 12.2. The van der Waals surface area contributed by atoms with Crippen LogP contribution < -0.4 is 5.32 Å². The van der Waals surface area contributed by atoms with Gasteiger partial charge in [-0.2, -0.15) is 0 Å². The molecule has 0 aliphatic rings. The van der Waals surface area contributed by atoms with E-state index in [4.69, 9.17) is 0 Å². The number of nitro benzene ring substituents is 1. The fourth-order valence-electron chi connectivity index (χ4n) is 1.79. The first kappa shape index (κ1) is 14.9. The van der Waals surface area contributed by atoms with E-state index in [2.05, 4.69) is 15.5 Å². The number of rotatable bonds is 5. The van der Waals surface area contributed by atoms with Crippen LogP contribution in [0.5, 0.6) is 0 Å². The van der Waals surface area contributed by atoms with Gasteiger partial charge in [0, 0.05) is 13.3 Å². The van der Waals surface area contributed by atoms with Gasteiger partial charge in [-0.3, -0.25) is 10.1 Å². The lowest BCUT2D eigenvalue weighted by atomic mass is 10.2. The highest BCUT2D eigenvalue weighted by Crippen LogP contribution is 2.32. The molecule has 1 aromatic carbocycles. The van der Waals surface area contributed by atoms with E-state index in [0.717, 1.165) is 6.26 Å². The van der Waals surface area contributed by atoms with Crippen LogP contribution in [0.1, 0.15) is 5.82 Å². The molecule has 0 saturated carbocycles. The monoisotopic (exact) mass is 311 g/mol. The molecule has 0 aliphatic carbocycles. The normalized spacial score (nSPS) is 11.3. The van der Waals surface area contributed by atoms with E-state index in [1.807, 2.05) is 0 Å². The fourth-order valence-corrected chi connectivity index (χ4v) is 2.66. The molecule has 0 spiro atoms. The number of nitrogens with one attached hydrogen (secondary N) is 1. The van der Waals surface area contributed by atoms with Gasteiger partial charge in [-0.1, -0.05) is 6.07 Å². The zero-order chi connectivity index (χ0) is 15.6. The van der Waals surface area contributed by atoms with E-state index in [-0.39, 0.29) is 17.1 Å². The molecule has 1 N–H and O–H groups in total. The van der Waals surface area contributed by atoms with Crippen molar-refractivity contribution in [2.75, 3.05) is 11.6 Å². The second-order valence-corrected chi connectivity index (χ2v) is 6.38. The molecular weight excluding hydrogens is 298 g/mol. The molecule has 2 aromatic rings. The number of anilines is 1. The van der Waals surface area contributed by atoms with Crippen LogP contribution in [0.2, 0.25) is 0 Å². The number of aryl methyl sites for hydroxylation is 1. The van der Waals surface area contributed by atoms with Crippen LogP contribution in [0.4, 0.5) is 11.4 Å². The lowest BCUT2D eigenvalue weighted by molar-refractivity contribution is -0.386. The molecule has 0 amide bonds. The summed E-state index contributed by atoms with van der Waals surface area (Å²) in [4.78, 5) is 10.1. The molecule has 10 heteroatoms. The third kappa shape index (κ3) is 3.16. The maximum absolute atomic E-state index is 11.6. The second-order valence-electron chi connectivity index (χ2n) is 4.39. The van der Waals surface area contributed by atoms with Gasteiger partial charge < -0.3 is 9.88 Å². The van der Waals surface area contributed by atoms with Gasteiger partial charge in [0.2, 0.25) is 0 Å². The van der Waals surface area contributed by atoms with E-state index >= 15 is 0 Å². The van der Waals surface area contributed by atoms with Crippen LogP contribution in [-0.2, 0) is 23.4 Å². The van der Waals surface area contributed by atoms with Crippen molar-refractivity contribution in [1.82, 2.24) is 14.8 Å². The number of aromatic nitrogens is 3. The predicted octanol–water partition coefficient (Wildman–Crippen LogP) is 0.739. The quantitative estimate of drug-likeness (QED) is 0.638. The Labute approximate surface area is 120 Å². The molecular formula is C11H13N5O4S. The van der Waals surface area contributed by atoms with Gasteiger partial charge in [-0.15, -0.1) is 10.2 Å². The molecule has 2 rings (SSSR count). The number of hydrogen-bond donors (Lipinski definition) is 1. The van der Waals surface area contributed by atoms with Crippen molar-refractivity contribution in [3.05, 3.63) is 40.5 Å². The van der Waals surface area contributed by atoms with Crippen LogP contribution in [0.15, 0.2) is 29.4 Å². The van der Waals surface area contributed by atoms with E-state index in [9.17, 15) is 18.5 Å². The average Bonchev–Trinajstić information content (AvgIpc) is 2.80. The number of nitrogens with zero attached hydrogens (tertiary/aromatic N) is 4. The fraction of sp³-hybridized carbons (Fsp3) is 0.273. The lowest BCUT2D eigenvalue weighted by Crippen LogP contribution is -2.10. The van der Waals surface area contributed by atoms with Gasteiger partial charge in [-0.05, 0) is 12.1 Å². The van der Waals surface area contributed by atoms with Gasteiger partial charge in [0.1, 0.15) is 16.9 Å². The predicted molar refractivity (Wildman–Crippen MR) is 74.5 cm³/mol.